The molecule has 1 aromatic heterocycles. The summed E-state index contributed by atoms with van der Waals surface area (Å²) < 4.78 is 4.89. The van der Waals surface area contributed by atoms with Gasteiger partial charge in [0, 0.05) is 13.1 Å². The number of hydrogen-bond donors (Lipinski definition) is 1. The first kappa shape index (κ1) is 13.6. The molecule has 0 radical (unpaired) electrons. The molecule has 104 valence electrons. The standard InChI is InChI=1S/C13H18N2O4/c1-3-13(12(17)18)5-4-6-15(8-13)11(16)10-7-14-19-9(10)2/h7H,3-6,8H2,1-2H3,(H,17,18). The van der Waals surface area contributed by atoms with E-state index in [-0.39, 0.29) is 12.5 Å². The third-order valence-electron chi connectivity index (χ3n) is 3.98. The molecule has 1 saturated heterocycles. The minimum atomic E-state index is -0.824. The number of carbonyl (C=O) groups excluding carboxylic acids is 1. The maximum absolute atomic E-state index is 12.3. The number of carbonyl (C=O) groups is 2. The van der Waals surface area contributed by atoms with Gasteiger partial charge in [0.25, 0.3) is 5.91 Å². The fourth-order valence-electron chi connectivity index (χ4n) is 2.59. The Morgan fingerprint density at radius 2 is 2.32 bits per heavy atom. The highest BCUT2D eigenvalue weighted by Crippen LogP contribution is 2.34. The molecule has 1 amide bonds. The van der Waals surface area contributed by atoms with Crippen LogP contribution in [0.4, 0.5) is 0 Å². The first-order chi connectivity index (χ1) is 9.00. The van der Waals surface area contributed by atoms with Gasteiger partial charge < -0.3 is 14.5 Å². The fourth-order valence-corrected chi connectivity index (χ4v) is 2.59. The van der Waals surface area contributed by atoms with E-state index in [9.17, 15) is 14.7 Å². The van der Waals surface area contributed by atoms with E-state index in [1.807, 2.05) is 6.92 Å². The molecule has 1 unspecified atom stereocenters. The van der Waals surface area contributed by atoms with Gasteiger partial charge in [-0.1, -0.05) is 12.1 Å². The van der Waals surface area contributed by atoms with Crippen LogP contribution in [0.2, 0.25) is 0 Å². The molecule has 0 aromatic carbocycles. The van der Waals surface area contributed by atoms with Crippen molar-refractivity contribution >= 4 is 11.9 Å². The molecule has 1 aliphatic heterocycles. The predicted octanol–water partition coefficient (Wildman–Crippen LogP) is 1.70. The van der Waals surface area contributed by atoms with Crippen LogP contribution >= 0.6 is 0 Å². The Hall–Kier alpha value is -1.85. The zero-order valence-corrected chi connectivity index (χ0v) is 11.2. The zero-order valence-electron chi connectivity index (χ0n) is 11.2. The van der Waals surface area contributed by atoms with E-state index in [1.54, 1.807) is 11.8 Å². The monoisotopic (exact) mass is 266 g/mol. The number of carboxylic acids is 1. The number of aliphatic carboxylic acids is 1. The Kier molecular flexibility index (Phi) is 3.59. The molecule has 2 rings (SSSR count). The Bertz CT molecular complexity index is 497. The van der Waals surface area contributed by atoms with Gasteiger partial charge in [0.1, 0.15) is 11.3 Å². The lowest BCUT2D eigenvalue weighted by Crippen LogP contribution is -2.49. The highest BCUT2D eigenvalue weighted by atomic mass is 16.5. The number of likely N-dealkylation sites (tertiary alicyclic amines) is 1. The van der Waals surface area contributed by atoms with Crippen molar-refractivity contribution in [1.82, 2.24) is 10.1 Å². The Morgan fingerprint density at radius 1 is 1.58 bits per heavy atom. The molecule has 6 nitrogen and oxygen atoms in total. The first-order valence-corrected chi connectivity index (χ1v) is 6.44. The Balaban J connectivity index is 2.20. The van der Waals surface area contributed by atoms with Crippen molar-refractivity contribution in [3.05, 3.63) is 17.5 Å². The van der Waals surface area contributed by atoms with E-state index in [0.29, 0.717) is 37.1 Å². The molecule has 1 atom stereocenters. The third-order valence-corrected chi connectivity index (χ3v) is 3.98. The van der Waals surface area contributed by atoms with Gasteiger partial charge in [-0.05, 0) is 26.2 Å². The third kappa shape index (κ3) is 2.34. The lowest BCUT2D eigenvalue weighted by atomic mass is 9.77. The fraction of sp³-hybridized carbons (Fsp3) is 0.615. The number of carboxylic acid groups (broad SMARTS) is 1. The smallest absolute Gasteiger partial charge is 0.311 e. The van der Waals surface area contributed by atoms with Crippen LogP contribution in [0.1, 0.15) is 42.3 Å². The van der Waals surface area contributed by atoms with Crippen molar-refractivity contribution in [1.29, 1.82) is 0 Å². The van der Waals surface area contributed by atoms with Crippen LogP contribution in [0.3, 0.4) is 0 Å². The highest BCUT2D eigenvalue weighted by Gasteiger charge is 2.42. The average Bonchev–Trinajstić information content (AvgIpc) is 2.84. The predicted molar refractivity (Wildman–Crippen MR) is 66.7 cm³/mol. The summed E-state index contributed by atoms with van der Waals surface area (Å²) in [6.07, 6.45) is 3.23. The molecule has 1 N–H and O–H groups in total. The van der Waals surface area contributed by atoms with Crippen LogP contribution in [0.15, 0.2) is 10.7 Å². The number of rotatable bonds is 3. The van der Waals surface area contributed by atoms with Gasteiger partial charge in [0.15, 0.2) is 0 Å². The van der Waals surface area contributed by atoms with Crippen LogP contribution in [0.25, 0.3) is 0 Å². The largest absolute Gasteiger partial charge is 0.481 e. The number of nitrogens with zero attached hydrogens (tertiary/aromatic N) is 2. The normalized spacial score (nSPS) is 23.4. The molecule has 0 bridgehead atoms. The topological polar surface area (TPSA) is 83.6 Å². The van der Waals surface area contributed by atoms with E-state index in [1.165, 1.54) is 6.20 Å². The lowest BCUT2D eigenvalue weighted by Gasteiger charge is -2.39. The molecule has 1 aromatic rings. The summed E-state index contributed by atoms with van der Waals surface area (Å²) in [5, 5.41) is 13.0. The second kappa shape index (κ2) is 5.03. The first-order valence-electron chi connectivity index (χ1n) is 6.44. The van der Waals surface area contributed by atoms with E-state index in [2.05, 4.69) is 5.16 Å². The van der Waals surface area contributed by atoms with Crippen LogP contribution in [0.5, 0.6) is 0 Å². The summed E-state index contributed by atoms with van der Waals surface area (Å²) in [6, 6.07) is 0. The van der Waals surface area contributed by atoms with E-state index < -0.39 is 11.4 Å². The van der Waals surface area contributed by atoms with Crippen molar-refractivity contribution in [3.8, 4) is 0 Å². The molecule has 2 heterocycles. The van der Waals surface area contributed by atoms with Gasteiger partial charge in [-0.2, -0.15) is 0 Å². The van der Waals surface area contributed by atoms with Gasteiger partial charge >= 0.3 is 5.97 Å². The number of hydrogen-bond acceptors (Lipinski definition) is 4. The van der Waals surface area contributed by atoms with Crippen LogP contribution < -0.4 is 0 Å². The summed E-state index contributed by atoms with van der Waals surface area (Å²) in [5.74, 6) is -0.555. The second-order valence-electron chi connectivity index (χ2n) is 5.06. The molecule has 0 aliphatic carbocycles. The summed E-state index contributed by atoms with van der Waals surface area (Å²) in [7, 11) is 0. The quantitative estimate of drug-likeness (QED) is 0.900. The molecular weight excluding hydrogens is 248 g/mol. The van der Waals surface area contributed by atoms with Gasteiger partial charge in [0.05, 0.1) is 11.6 Å². The number of aromatic nitrogens is 1. The molecule has 1 aliphatic rings. The van der Waals surface area contributed by atoms with E-state index in [4.69, 9.17) is 4.52 Å². The minimum Gasteiger partial charge on any atom is -0.481 e. The minimum absolute atomic E-state index is 0.197. The van der Waals surface area contributed by atoms with Crippen LogP contribution in [0, 0.1) is 12.3 Å². The summed E-state index contributed by atoms with van der Waals surface area (Å²) in [6.45, 7) is 4.36. The molecule has 19 heavy (non-hydrogen) atoms. The Morgan fingerprint density at radius 3 is 2.84 bits per heavy atom. The van der Waals surface area contributed by atoms with E-state index in [0.717, 1.165) is 0 Å². The maximum Gasteiger partial charge on any atom is 0.311 e. The van der Waals surface area contributed by atoms with E-state index >= 15 is 0 Å². The second-order valence-corrected chi connectivity index (χ2v) is 5.06. The lowest BCUT2D eigenvalue weighted by molar-refractivity contribution is -0.152. The SMILES string of the molecule is CCC1(C(=O)O)CCCN(C(=O)c2cnoc2C)C1. The number of amides is 1. The van der Waals surface area contributed by atoms with Gasteiger partial charge in [-0.25, -0.2) is 0 Å². The average molecular weight is 266 g/mol. The van der Waals surface area contributed by atoms with Crippen LogP contribution in [-0.4, -0.2) is 40.1 Å². The van der Waals surface area contributed by atoms with Crippen molar-refractivity contribution in [2.45, 2.75) is 33.1 Å². The van der Waals surface area contributed by atoms with Crippen molar-refractivity contribution < 1.29 is 19.2 Å². The number of piperidine rings is 1. The number of aryl methyl sites for hydroxylation is 1. The van der Waals surface area contributed by atoms with Gasteiger partial charge in [-0.15, -0.1) is 0 Å². The molecule has 0 saturated carbocycles. The highest BCUT2D eigenvalue weighted by molar-refractivity contribution is 5.95. The zero-order chi connectivity index (χ0) is 14.0. The van der Waals surface area contributed by atoms with Crippen molar-refractivity contribution in [2.24, 2.45) is 5.41 Å². The molecule has 1 fully saturated rings. The summed E-state index contributed by atoms with van der Waals surface area (Å²) in [5.41, 5.74) is -0.406. The molecular formula is C13H18N2O4. The van der Waals surface area contributed by atoms with Crippen molar-refractivity contribution in [3.63, 3.8) is 0 Å². The summed E-state index contributed by atoms with van der Waals surface area (Å²) >= 11 is 0. The Labute approximate surface area is 111 Å². The van der Waals surface area contributed by atoms with Crippen LogP contribution in [-0.2, 0) is 4.79 Å². The van der Waals surface area contributed by atoms with Crippen molar-refractivity contribution in [2.75, 3.05) is 13.1 Å². The maximum atomic E-state index is 12.3. The molecule has 6 heteroatoms. The van der Waals surface area contributed by atoms with Gasteiger partial charge in [0.2, 0.25) is 0 Å². The summed E-state index contributed by atoms with van der Waals surface area (Å²) in [4.78, 5) is 25.4. The molecule has 0 spiro atoms. The van der Waals surface area contributed by atoms with Gasteiger partial charge in [-0.3, -0.25) is 9.59 Å².